The SMILES string of the molecule is CC(C)C(NC(=O)Nc1sccc1C(=O)O)C(N)=O. The molecule has 0 aliphatic heterocycles. The smallest absolute Gasteiger partial charge is 0.338 e. The molecule has 1 aromatic rings. The number of nitrogens with two attached hydrogens (primary N) is 1. The topological polar surface area (TPSA) is 122 Å². The van der Waals surface area contributed by atoms with E-state index in [1.54, 1.807) is 19.2 Å². The number of aromatic carboxylic acids is 1. The summed E-state index contributed by atoms with van der Waals surface area (Å²) >= 11 is 1.08. The van der Waals surface area contributed by atoms with E-state index in [0.717, 1.165) is 11.3 Å². The van der Waals surface area contributed by atoms with Gasteiger partial charge in [-0.2, -0.15) is 0 Å². The van der Waals surface area contributed by atoms with Crippen LogP contribution in [0.2, 0.25) is 0 Å². The van der Waals surface area contributed by atoms with Crippen LogP contribution in [0.5, 0.6) is 0 Å². The molecule has 0 saturated carbocycles. The first-order valence-corrected chi connectivity index (χ1v) is 6.38. The first kappa shape index (κ1) is 15.0. The molecule has 8 heteroatoms. The van der Waals surface area contributed by atoms with Crippen LogP contribution in [0.1, 0.15) is 24.2 Å². The minimum atomic E-state index is -1.13. The van der Waals surface area contributed by atoms with Gasteiger partial charge in [0.05, 0.1) is 5.56 Å². The molecular weight excluding hydrogens is 270 g/mol. The number of hydrogen-bond acceptors (Lipinski definition) is 4. The molecule has 0 bridgehead atoms. The molecule has 0 fully saturated rings. The van der Waals surface area contributed by atoms with Gasteiger partial charge in [0.1, 0.15) is 11.0 Å². The zero-order chi connectivity index (χ0) is 14.6. The van der Waals surface area contributed by atoms with Crippen LogP contribution in [0.4, 0.5) is 9.80 Å². The maximum absolute atomic E-state index is 11.7. The van der Waals surface area contributed by atoms with Gasteiger partial charge >= 0.3 is 12.0 Å². The molecule has 0 radical (unpaired) electrons. The van der Waals surface area contributed by atoms with Gasteiger partial charge in [0.2, 0.25) is 5.91 Å². The Morgan fingerprint density at radius 1 is 1.37 bits per heavy atom. The Morgan fingerprint density at radius 2 is 2.00 bits per heavy atom. The van der Waals surface area contributed by atoms with Crippen LogP contribution < -0.4 is 16.4 Å². The molecule has 1 aromatic heterocycles. The van der Waals surface area contributed by atoms with E-state index in [9.17, 15) is 14.4 Å². The molecule has 1 unspecified atom stereocenters. The second-order valence-corrected chi connectivity index (χ2v) is 5.11. The number of carboxylic acid groups (broad SMARTS) is 1. The molecule has 104 valence electrons. The number of carbonyl (C=O) groups is 3. The standard InChI is InChI=1S/C11H15N3O4S/c1-5(2)7(8(12)15)13-11(18)14-9-6(10(16)17)3-4-19-9/h3-5,7H,1-2H3,(H2,12,15)(H,16,17)(H2,13,14,18). The molecule has 7 nitrogen and oxygen atoms in total. The number of anilines is 1. The van der Waals surface area contributed by atoms with Crippen LogP contribution in [-0.2, 0) is 4.79 Å². The van der Waals surface area contributed by atoms with Gasteiger partial charge < -0.3 is 16.2 Å². The van der Waals surface area contributed by atoms with E-state index in [4.69, 9.17) is 10.8 Å². The average Bonchev–Trinajstić information content (AvgIpc) is 2.73. The van der Waals surface area contributed by atoms with Crippen molar-refractivity contribution in [1.29, 1.82) is 0 Å². The molecule has 0 aromatic carbocycles. The molecule has 19 heavy (non-hydrogen) atoms. The van der Waals surface area contributed by atoms with E-state index in [2.05, 4.69) is 10.6 Å². The summed E-state index contributed by atoms with van der Waals surface area (Å²) in [6.45, 7) is 3.48. The van der Waals surface area contributed by atoms with Crippen molar-refractivity contribution in [2.75, 3.05) is 5.32 Å². The van der Waals surface area contributed by atoms with Gasteiger partial charge in [0, 0.05) is 0 Å². The van der Waals surface area contributed by atoms with E-state index in [-0.39, 0.29) is 16.5 Å². The monoisotopic (exact) mass is 285 g/mol. The van der Waals surface area contributed by atoms with Crippen molar-refractivity contribution in [2.45, 2.75) is 19.9 Å². The van der Waals surface area contributed by atoms with Crippen molar-refractivity contribution in [3.05, 3.63) is 17.0 Å². The average molecular weight is 285 g/mol. The number of primary amides is 1. The highest BCUT2D eigenvalue weighted by atomic mass is 32.1. The number of nitrogens with one attached hydrogen (secondary N) is 2. The second-order valence-electron chi connectivity index (χ2n) is 4.19. The van der Waals surface area contributed by atoms with Crippen molar-refractivity contribution in [3.8, 4) is 0 Å². The highest BCUT2D eigenvalue weighted by Gasteiger charge is 2.22. The van der Waals surface area contributed by atoms with Crippen LogP contribution in [0.15, 0.2) is 11.4 Å². The van der Waals surface area contributed by atoms with E-state index >= 15 is 0 Å². The maximum Gasteiger partial charge on any atom is 0.338 e. The van der Waals surface area contributed by atoms with E-state index in [1.807, 2.05) is 0 Å². The molecule has 5 N–H and O–H groups in total. The Balaban J connectivity index is 2.72. The summed E-state index contributed by atoms with van der Waals surface area (Å²) in [5.74, 6) is -1.94. The van der Waals surface area contributed by atoms with Crippen molar-refractivity contribution < 1.29 is 19.5 Å². The summed E-state index contributed by atoms with van der Waals surface area (Å²) < 4.78 is 0. The normalized spacial score (nSPS) is 11.9. The Labute approximate surface area is 113 Å². The zero-order valence-electron chi connectivity index (χ0n) is 10.5. The number of urea groups is 1. The van der Waals surface area contributed by atoms with E-state index < -0.39 is 23.9 Å². The predicted molar refractivity (Wildman–Crippen MR) is 71.3 cm³/mol. The third kappa shape index (κ3) is 3.95. The lowest BCUT2D eigenvalue weighted by atomic mass is 10.0. The molecule has 0 aliphatic rings. The largest absolute Gasteiger partial charge is 0.478 e. The van der Waals surface area contributed by atoms with Crippen LogP contribution in [-0.4, -0.2) is 29.1 Å². The summed E-state index contributed by atoms with van der Waals surface area (Å²) in [6, 6.07) is -0.0907. The Kier molecular flexibility index (Phi) is 4.87. The molecule has 1 atom stereocenters. The number of hydrogen-bond donors (Lipinski definition) is 4. The van der Waals surface area contributed by atoms with Gasteiger partial charge in [-0.25, -0.2) is 9.59 Å². The zero-order valence-corrected chi connectivity index (χ0v) is 11.3. The van der Waals surface area contributed by atoms with Gasteiger partial charge in [-0.05, 0) is 17.4 Å². The van der Waals surface area contributed by atoms with Crippen molar-refractivity contribution in [3.63, 3.8) is 0 Å². The molecule has 3 amide bonds. The van der Waals surface area contributed by atoms with Crippen LogP contribution in [0.3, 0.4) is 0 Å². The number of thiophene rings is 1. The summed E-state index contributed by atoms with van der Waals surface area (Å²) in [4.78, 5) is 33.7. The van der Waals surface area contributed by atoms with Crippen molar-refractivity contribution in [1.82, 2.24) is 5.32 Å². The number of rotatable bonds is 5. The number of carbonyl (C=O) groups excluding carboxylic acids is 2. The second kappa shape index (κ2) is 6.19. The minimum Gasteiger partial charge on any atom is -0.478 e. The fraction of sp³-hybridized carbons (Fsp3) is 0.364. The van der Waals surface area contributed by atoms with E-state index in [0.29, 0.717) is 0 Å². The molecule has 0 spiro atoms. The quantitative estimate of drug-likeness (QED) is 0.646. The Bertz CT molecular complexity index is 498. The fourth-order valence-electron chi connectivity index (χ4n) is 1.42. The minimum absolute atomic E-state index is 0.000298. The van der Waals surface area contributed by atoms with E-state index in [1.165, 1.54) is 6.07 Å². The summed E-state index contributed by atoms with van der Waals surface area (Å²) in [5.41, 5.74) is 5.16. The first-order valence-electron chi connectivity index (χ1n) is 5.50. The maximum atomic E-state index is 11.7. The number of amides is 3. The van der Waals surface area contributed by atoms with Crippen LogP contribution in [0.25, 0.3) is 0 Å². The molecular formula is C11H15N3O4S. The molecule has 0 saturated heterocycles. The van der Waals surface area contributed by atoms with Crippen LogP contribution >= 0.6 is 11.3 Å². The molecule has 0 aliphatic carbocycles. The third-order valence-electron chi connectivity index (χ3n) is 2.38. The predicted octanol–water partition coefficient (Wildman–Crippen LogP) is 1.08. The van der Waals surface area contributed by atoms with Crippen molar-refractivity contribution >= 4 is 34.2 Å². The highest BCUT2D eigenvalue weighted by molar-refractivity contribution is 7.14. The molecule has 1 heterocycles. The highest BCUT2D eigenvalue weighted by Crippen LogP contribution is 2.22. The lowest BCUT2D eigenvalue weighted by Gasteiger charge is -2.19. The van der Waals surface area contributed by atoms with Gasteiger partial charge in [0.25, 0.3) is 0 Å². The van der Waals surface area contributed by atoms with Gasteiger partial charge in [-0.3, -0.25) is 10.1 Å². The van der Waals surface area contributed by atoms with Crippen LogP contribution in [0, 0.1) is 5.92 Å². The number of carboxylic acids is 1. The lowest BCUT2D eigenvalue weighted by molar-refractivity contribution is -0.120. The molecule has 1 rings (SSSR count). The third-order valence-corrected chi connectivity index (χ3v) is 3.21. The Morgan fingerprint density at radius 3 is 2.47 bits per heavy atom. The van der Waals surface area contributed by atoms with Gasteiger partial charge in [-0.1, -0.05) is 13.8 Å². The van der Waals surface area contributed by atoms with Crippen molar-refractivity contribution in [2.24, 2.45) is 11.7 Å². The lowest BCUT2D eigenvalue weighted by Crippen LogP contribution is -2.49. The van der Waals surface area contributed by atoms with Gasteiger partial charge in [0.15, 0.2) is 0 Å². The summed E-state index contributed by atoms with van der Waals surface area (Å²) in [7, 11) is 0. The van der Waals surface area contributed by atoms with Gasteiger partial charge in [-0.15, -0.1) is 11.3 Å². The summed E-state index contributed by atoms with van der Waals surface area (Å²) in [6.07, 6.45) is 0. The fourth-order valence-corrected chi connectivity index (χ4v) is 2.20. The summed E-state index contributed by atoms with van der Waals surface area (Å²) in [5, 5.41) is 15.4. The first-order chi connectivity index (χ1) is 8.82. The Hall–Kier alpha value is -2.09.